The van der Waals surface area contributed by atoms with Crippen LogP contribution in [-0.4, -0.2) is 30.0 Å². The minimum Gasteiger partial charge on any atom is -0.506 e. The van der Waals surface area contributed by atoms with Gasteiger partial charge in [-0.2, -0.15) is 0 Å². The van der Waals surface area contributed by atoms with E-state index in [0.29, 0.717) is 5.69 Å². The van der Waals surface area contributed by atoms with Gasteiger partial charge in [0.1, 0.15) is 11.4 Å². The van der Waals surface area contributed by atoms with E-state index in [2.05, 4.69) is 5.32 Å². The average molecular weight is 315 g/mol. The molecule has 0 saturated carbocycles. The lowest BCUT2D eigenvalue weighted by molar-refractivity contribution is -0.384. The fourth-order valence-corrected chi connectivity index (χ4v) is 2.13. The van der Waals surface area contributed by atoms with E-state index in [1.54, 1.807) is 31.1 Å². The Hall–Kier alpha value is -3.09. The van der Waals surface area contributed by atoms with Crippen LogP contribution in [0.4, 0.5) is 17.1 Å². The molecular formula is C16H17N3O4. The highest BCUT2D eigenvalue weighted by Crippen LogP contribution is 2.29. The number of aromatic hydroxyl groups is 1. The molecule has 120 valence electrons. The van der Waals surface area contributed by atoms with E-state index in [9.17, 15) is 20.0 Å². The third-order valence-corrected chi connectivity index (χ3v) is 3.32. The van der Waals surface area contributed by atoms with E-state index >= 15 is 0 Å². The Kier molecular flexibility index (Phi) is 4.49. The lowest BCUT2D eigenvalue weighted by atomic mass is 10.1. The van der Waals surface area contributed by atoms with Crippen LogP contribution >= 0.6 is 0 Å². The molecule has 0 aliphatic rings. The zero-order chi connectivity index (χ0) is 17.1. The van der Waals surface area contributed by atoms with E-state index in [1.807, 2.05) is 6.92 Å². The second-order valence-electron chi connectivity index (χ2n) is 5.33. The van der Waals surface area contributed by atoms with Gasteiger partial charge in [-0.05, 0) is 36.8 Å². The Bertz CT molecular complexity index is 772. The lowest BCUT2D eigenvalue weighted by Crippen LogP contribution is -2.15. The van der Waals surface area contributed by atoms with Crippen molar-refractivity contribution in [2.24, 2.45) is 0 Å². The van der Waals surface area contributed by atoms with Crippen molar-refractivity contribution >= 4 is 23.0 Å². The fourth-order valence-electron chi connectivity index (χ4n) is 2.13. The Morgan fingerprint density at radius 2 is 1.91 bits per heavy atom. The number of anilines is 2. The van der Waals surface area contributed by atoms with E-state index in [0.717, 1.165) is 5.56 Å². The first-order chi connectivity index (χ1) is 10.8. The molecule has 2 aromatic rings. The SMILES string of the molecule is Cc1ccc(NC(=O)c2ccc(N(C)C)c([N+](=O)[O-])c2)c(O)c1. The number of aryl methyl sites for hydroxylation is 1. The second-order valence-corrected chi connectivity index (χ2v) is 5.33. The number of nitrogens with one attached hydrogen (secondary N) is 1. The fraction of sp³-hybridized carbons (Fsp3) is 0.188. The molecule has 7 heteroatoms. The predicted molar refractivity (Wildman–Crippen MR) is 88.2 cm³/mol. The number of nitro groups is 1. The maximum Gasteiger partial charge on any atom is 0.293 e. The highest BCUT2D eigenvalue weighted by molar-refractivity contribution is 6.05. The zero-order valence-corrected chi connectivity index (χ0v) is 13.0. The van der Waals surface area contributed by atoms with Gasteiger partial charge in [0, 0.05) is 25.7 Å². The summed E-state index contributed by atoms with van der Waals surface area (Å²) in [5, 5.41) is 23.5. The molecule has 0 bridgehead atoms. The molecular weight excluding hydrogens is 298 g/mol. The number of phenolic OH excluding ortho intramolecular Hbond substituents is 1. The summed E-state index contributed by atoms with van der Waals surface area (Å²) in [6.45, 7) is 1.81. The van der Waals surface area contributed by atoms with Gasteiger partial charge in [-0.1, -0.05) is 6.07 Å². The quantitative estimate of drug-likeness (QED) is 0.514. The molecule has 2 aromatic carbocycles. The molecule has 0 radical (unpaired) electrons. The van der Waals surface area contributed by atoms with Crippen LogP contribution in [0.3, 0.4) is 0 Å². The molecule has 2 N–H and O–H groups in total. The topological polar surface area (TPSA) is 95.7 Å². The van der Waals surface area contributed by atoms with Gasteiger partial charge < -0.3 is 15.3 Å². The van der Waals surface area contributed by atoms with Crippen LogP contribution in [0.15, 0.2) is 36.4 Å². The normalized spacial score (nSPS) is 10.2. The van der Waals surface area contributed by atoms with Crippen molar-refractivity contribution in [3.8, 4) is 5.75 Å². The Morgan fingerprint density at radius 1 is 1.22 bits per heavy atom. The van der Waals surface area contributed by atoms with E-state index in [1.165, 1.54) is 24.3 Å². The summed E-state index contributed by atoms with van der Waals surface area (Å²) >= 11 is 0. The highest BCUT2D eigenvalue weighted by Gasteiger charge is 2.19. The smallest absolute Gasteiger partial charge is 0.293 e. The lowest BCUT2D eigenvalue weighted by Gasteiger charge is -2.13. The first-order valence-electron chi connectivity index (χ1n) is 6.86. The second kappa shape index (κ2) is 6.35. The van der Waals surface area contributed by atoms with Crippen LogP contribution in [0.2, 0.25) is 0 Å². The van der Waals surface area contributed by atoms with Crippen molar-refractivity contribution in [1.82, 2.24) is 0 Å². The van der Waals surface area contributed by atoms with Crippen LogP contribution in [0.5, 0.6) is 5.75 Å². The summed E-state index contributed by atoms with van der Waals surface area (Å²) < 4.78 is 0. The van der Waals surface area contributed by atoms with E-state index < -0.39 is 10.8 Å². The molecule has 0 aliphatic carbocycles. The van der Waals surface area contributed by atoms with Crippen molar-refractivity contribution in [2.45, 2.75) is 6.92 Å². The summed E-state index contributed by atoms with van der Waals surface area (Å²) in [5.74, 6) is -0.588. The average Bonchev–Trinajstić information content (AvgIpc) is 2.49. The summed E-state index contributed by atoms with van der Waals surface area (Å²) in [4.78, 5) is 24.5. The van der Waals surface area contributed by atoms with Gasteiger partial charge in [-0.25, -0.2) is 0 Å². The van der Waals surface area contributed by atoms with Gasteiger partial charge in [0.15, 0.2) is 0 Å². The number of amides is 1. The molecule has 0 unspecified atom stereocenters. The van der Waals surface area contributed by atoms with Crippen molar-refractivity contribution in [3.05, 3.63) is 57.6 Å². The Balaban J connectivity index is 2.32. The molecule has 0 saturated heterocycles. The van der Waals surface area contributed by atoms with Crippen molar-refractivity contribution in [1.29, 1.82) is 0 Å². The number of nitrogens with zero attached hydrogens (tertiary/aromatic N) is 2. The van der Waals surface area contributed by atoms with Crippen molar-refractivity contribution < 1.29 is 14.8 Å². The maximum atomic E-state index is 12.2. The van der Waals surface area contributed by atoms with Crippen LogP contribution in [0.1, 0.15) is 15.9 Å². The molecule has 0 spiro atoms. The monoisotopic (exact) mass is 315 g/mol. The van der Waals surface area contributed by atoms with Gasteiger partial charge in [0.25, 0.3) is 11.6 Å². The van der Waals surface area contributed by atoms with Gasteiger partial charge in [-0.3, -0.25) is 14.9 Å². The van der Waals surface area contributed by atoms with E-state index in [4.69, 9.17) is 0 Å². The van der Waals surface area contributed by atoms with Gasteiger partial charge in [0.05, 0.1) is 10.6 Å². The number of carbonyl (C=O) groups is 1. The number of rotatable bonds is 4. The van der Waals surface area contributed by atoms with Crippen molar-refractivity contribution in [3.63, 3.8) is 0 Å². The van der Waals surface area contributed by atoms with Gasteiger partial charge >= 0.3 is 0 Å². The van der Waals surface area contributed by atoms with E-state index in [-0.39, 0.29) is 22.7 Å². The maximum absolute atomic E-state index is 12.2. The molecule has 0 atom stereocenters. The number of nitro benzene ring substituents is 1. The van der Waals surface area contributed by atoms with Gasteiger partial charge in [0.2, 0.25) is 0 Å². The Labute approximate surface area is 133 Å². The first kappa shape index (κ1) is 16.3. The molecule has 23 heavy (non-hydrogen) atoms. The minimum absolute atomic E-state index is 0.0576. The van der Waals surface area contributed by atoms with Crippen molar-refractivity contribution in [2.75, 3.05) is 24.3 Å². The van der Waals surface area contributed by atoms with Crippen LogP contribution in [-0.2, 0) is 0 Å². The molecule has 0 fully saturated rings. The zero-order valence-electron chi connectivity index (χ0n) is 13.0. The summed E-state index contributed by atoms with van der Waals surface area (Å²) in [6.07, 6.45) is 0. The van der Waals surface area contributed by atoms with Crippen LogP contribution in [0.25, 0.3) is 0 Å². The summed E-state index contributed by atoms with van der Waals surface area (Å²) in [6, 6.07) is 9.08. The molecule has 1 amide bonds. The molecule has 0 aromatic heterocycles. The number of phenols is 1. The third kappa shape index (κ3) is 3.57. The largest absolute Gasteiger partial charge is 0.506 e. The number of hydrogen-bond acceptors (Lipinski definition) is 5. The number of benzene rings is 2. The highest BCUT2D eigenvalue weighted by atomic mass is 16.6. The molecule has 2 rings (SSSR count). The standard InChI is InChI=1S/C16H17N3O4/c1-10-4-6-12(15(20)8-10)17-16(21)11-5-7-13(18(2)3)14(9-11)19(22)23/h4-9,20H,1-3H3,(H,17,21). The summed E-state index contributed by atoms with van der Waals surface area (Å²) in [5.41, 5.74) is 1.49. The first-order valence-corrected chi connectivity index (χ1v) is 6.86. The Morgan fingerprint density at radius 3 is 2.48 bits per heavy atom. The summed E-state index contributed by atoms with van der Waals surface area (Å²) in [7, 11) is 3.37. The molecule has 0 heterocycles. The molecule has 0 aliphatic heterocycles. The third-order valence-electron chi connectivity index (χ3n) is 3.32. The van der Waals surface area contributed by atoms with Gasteiger partial charge in [-0.15, -0.1) is 0 Å². The predicted octanol–water partition coefficient (Wildman–Crippen LogP) is 2.93. The minimum atomic E-state index is -0.532. The van der Waals surface area contributed by atoms with Crippen LogP contribution < -0.4 is 10.2 Å². The van der Waals surface area contributed by atoms with Crippen LogP contribution in [0, 0.1) is 17.0 Å². The number of hydrogen-bond donors (Lipinski definition) is 2. The number of carbonyl (C=O) groups excluding carboxylic acids is 1. The molecule has 7 nitrogen and oxygen atoms in total.